The highest BCUT2D eigenvalue weighted by Crippen LogP contribution is 2.44. The molecule has 28 heavy (non-hydrogen) atoms. The topological polar surface area (TPSA) is 32.9 Å². The molecule has 1 aromatic heterocycles. The number of para-hydroxylation sites is 2. The van der Waals surface area contributed by atoms with E-state index in [1.807, 2.05) is 36.4 Å². The molecular formula is C25H18INO. The van der Waals surface area contributed by atoms with Gasteiger partial charge in [-0.25, -0.2) is 0 Å². The van der Waals surface area contributed by atoms with E-state index in [4.69, 9.17) is 0 Å². The van der Waals surface area contributed by atoms with E-state index < -0.39 is 0 Å². The number of carbonyl (C=O) groups excluding carboxylic acids is 1. The SMILES string of the molecule is O=C(C1=CCC(I)(c2cccc3c2[nH]c2ccccc23)C=C1)c1ccccc1. The van der Waals surface area contributed by atoms with Gasteiger partial charge in [0.2, 0.25) is 0 Å². The van der Waals surface area contributed by atoms with Gasteiger partial charge < -0.3 is 4.98 Å². The Bertz CT molecular complexity index is 1270. The summed E-state index contributed by atoms with van der Waals surface area (Å²) >= 11 is 2.51. The second-order valence-corrected chi connectivity index (χ2v) is 9.08. The maximum Gasteiger partial charge on any atom is 0.192 e. The average Bonchev–Trinajstić information content (AvgIpc) is 3.13. The Morgan fingerprint density at radius 2 is 1.64 bits per heavy atom. The Morgan fingerprint density at radius 3 is 2.43 bits per heavy atom. The van der Waals surface area contributed by atoms with Crippen molar-refractivity contribution in [3.05, 3.63) is 108 Å². The van der Waals surface area contributed by atoms with Crippen LogP contribution in [-0.4, -0.2) is 10.8 Å². The number of aromatic amines is 1. The Labute approximate surface area is 177 Å². The van der Waals surface area contributed by atoms with Gasteiger partial charge in [0.15, 0.2) is 5.78 Å². The molecule has 0 bridgehead atoms. The number of H-pyrrole nitrogens is 1. The summed E-state index contributed by atoms with van der Waals surface area (Å²) in [7, 11) is 0. The average molecular weight is 475 g/mol. The first-order valence-corrected chi connectivity index (χ1v) is 10.4. The van der Waals surface area contributed by atoms with Gasteiger partial charge >= 0.3 is 0 Å². The molecule has 0 radical (unpaired) electrons. The van der Waals surface area contributed by atoms with E-state index in [0.29, 0.717) is 0 Å². The molecule has 1 aliphatic carbocycles. The van der Waals surface area contributed by atoms with E-state index in [0.717, 1.165) is 23.1 Å². The smallest absolute Gasteiger partial charge is 0.192 e. The fraction of sp³-hybridized carbons (Fsp3) is 0.0800. The van der Waals surface area contributed by atoms with Crippen LogP contribution in [0.15, 0.2) is 96.6 Å². The van der Waals surface area contributed by atoms with Gasteiger partial charge in [0.25, 0.3) is 0 Å². The van der Waals surface area contributed by atoms with E-state index >= 15 is 0 Å². The lowest BCUT2D eigenvalue weighted by atomic mass is 9.87. The molecule has 1 N–H and O–H groups in total. The monoisotopic (exact) mass is 475 g/mol. The van der Waals surface area contributed by atoms with Gasteiger partial charge in [-0.05, 0) is 18.1 Å². The first-order valence-electron chi connectivity index (χ1n) is 9.34. The number of alkyl halides is 1. The summed E-state index contributed by atoms with van der Waals surface area (Å²) in [5.74, 6) is 0.0825. The van der Waals surface area contributed by atoms with Crippen molar-refractivity contribution in [2.75, 3.05) is 0 Å². The highest BCUT2D eigenvalue weighted by molar-refractivity contribution is 14.1. The molecule has 0 amide bonds. The van der Waals surface area contributed by atoms with Gasteiger partial charge in [-0.2, -0.15) is 0 Å². The van der Waals surface area contributed by atoms with Crippen LogP contribution in [0.5, 0.6) is 0 Å². The fourth-order valence-corrected chi connectivity index (χ4v) is 4.81. The van der Waals surface area contributed by atoms with Gasteiger partial charge in [0.1, 0.15) is 0 Å². The van der Waals surface area contributed by atoms with Crippen LogP contribution in [0.2, 0.25) is 0 Å². The summed E-state index contributed by atoms with van der Waals surface area (Å²) in [5, 5.41) is 2.49. The van der Waals surface area contributed by atoms with Crippen molar-refractivity contribution in [2.24, 2.45) is 0 Å². The molecule has 1 atom stereocenters. The van der Waals surface area contributed by atoms with Crippen molar-refractivity contribution in [1.82, 2.24) is 4.98 Å². The lowest BCUT2D eigenvalue weighted by Crippen LogP contribution is -2.18. The molecule has 0 aliphatic heterocycles. The van der Waals surface area contributed by atoms with Crippen LogP contribution in [0.4, 0.5) is 0 Å². The van der Waals surface area contributed by atoms with E-state index in [-0.39, 0.29) is 9.20 Å². The molecule has 1 unspecified atom stereocenters. The van der Waals surface area contributed by atoms with E-state index in [2.05, 4.69) is 82.2 Å². The Hall–Kier alpha value is -2.66. The lowest BCUT2D eigenvalue weighted by Gasteiger charge is -2.27. The number of aromatic nitrogens is 1. The molecule has 1 aliphatic rings. The molecular weight excluding hydrogens is 457 g/mol. The molecule has 5 rings (SSSR count). The predicted octanol–water partition coefficient (Wildman–Crippen LogP) is 6.72. The Morgan fingerprint density at radius 1 is 0.893 bits per heavy atom. The third kappa shape index (κ3) is 2.81. The van der Waals surface area contributed by atoms with Gasteiger partial charge in [0.05, 0.1) is 8.94 Å². The Balaban J connectivity index is 1.54. The maximum atomic E-state index is 12.7. The first kappa shape index (κ1) is 17.4. The zero-order chi connectivity index (χ0) is 19.1. The number of benzene rings is 3. The van der Waals surface area contributed by atoms with Crippen LogP contribution in [0.1, 0.15) is 22.3 Å². The number of rotatable bonds is 3. The molecule has 3 heteroatoms. The fourth-order valence-electron chi connectivity index (χ4n) is 3.96. The van der Waals surface area contributed by atoms with Crippen molar-refractivity contribution in [3.63, 3.8) is 0 Å². The number of nitrogens with one attached hydrogen (secondary N) is 1. The number of allylic oxidation sites excluding steroid dienone is 4. The minimum atomic E-state index is -0.182. The molecule has 0 spiro atoms. The summed E-state index contributed by atoms with van der Waals surface area (Å²) in [6.45, 7) is 0. The van der Waals surface area contributed by atoms with Gasteiger partial charge in [-0.1, -0.05) is 108 Å². The van der Waals surface area contributed by atoms with Crippen LogP contribution in [0.3, 0.4) is 0 Å². The predicted molar refractivity (Wildman–Crippen MR) is 124 cm³/mol. The molecule has 0 saturated carbocycles. The molecule has 2 nitrogen and oxygen atoms in total. The number of carbonyl (C=O) groups is 1. The van der Waals surface area contributed by atoms with E-state index in [1.165, 1.54) is 21.9 Å². The van der Waals surface area contributed by atoms with Crippen LogP contribution < -0.4 is 0 Å². The zero-order valence-corrected chi connectivity index (χ0v) is 17.3. The molecule has 0 saturated heterocycles. The van der Waals surface area contributed by atoms with Crippen molar-refractivity contribution >= 4 is 50.2 Å². The number of Topliss-reactive ketones (excluding diaryl/α,β-unsaturated/α-hetero) is 1. The maximum absolute atomic E-state index is 12.7. The van der Waals surface area contributed by atoms with Crippen LogP contribution >= 0.6 is 22.6 Å². The minimum Gasteiger partial charge on any atom is -0.354 e. The van der Waals surface area contributed by atoms with Crippen LogP contribution in [-0.2, 0) is 3.42 Å². The zero-order valence-electron chi connectivity index (χ0n) is 15.2. The van der Waals surface area contributed by atoms with Crippen molar-refractivity contribution in [1.29, 1.82) is 0 Å². The molecule has 136 valence electrons. The highest BCUT2D eigenvalue weighted by Gasteiger charge is 2.30. The van der Waals surface area contributed by atoms with Gasteiger partial charge in [-0.15, -0.1) is 0 Å². The van der Waals surface area contributed by atoms with Crippen LogP contribution in [0, 0.1) is 0 Å². The summed E-state index contributed by atoms with van der Waals surface area (Å²) in [6.07, 6.45) is 7.01. The van der Waals surface area contributed by atoms with Gasteiger partial charge in [0, 0.05) is 27.4 Å². The number of ketones is 1. The first-order chi connectivity index (χ1) is 13.7. The largest absolute Gasteiger partial charge is 0.354 e. The van der Waals surface area contributed by atoms with Crippen molar-refractivity contribution in [2.45, 2.75) is 9.84 Å². The lowest BCUT2D eigenvalue weighted by molar-refractivity contribution is 0.103. The standard InChI is InChI=1S/C25H18INO/c26-25(15-13-18(14-16-25)24(28)17-7-2-1-3-8-17)21-11-6-10-20-19-9-4-5-12-22(19)27-23(20)21/h1-15,27H,16H2. The van der Waals surface area contributed by atoms with E-state index in [9.17, 15) is 4.79 Å². The van der Waals surface area contributed by atoms with Crippen molar-refractivity contribution < 1.29 is 4.79 Å². The second-order valence-electron chi connectivity index (χ2n) is 7.15. The number of fused-ring (bicyclic) bond motifs is 3. The molecule has 0 fully saturated rings. The number of halogens is 1. The quantitative estimate of drug-likeness (QED) is 0.199. The second kappa shape index (κ2) is 6.74. The summed E-state index contributed by atoms with van der Waals surface area (Å²) in [4.78, 5) is 16.4. The normalized spacial score (nSPS) is 19.1. The van der Waals surface area contributed by atoms with Gasteiger partial charge in [-0.3, -0.25) is 4.79 Å². The van der Waals surface area contributed by atoms with E-state index in [1.54, 1.807) is 0 Å². The Kier molecular flexibility index (Phi) is 4.20. The summed E-state index contributed by atoms with van der Waals surface area (Å²) in [5.41, 5.74) is 5.08. The molecule has 4 aromatic rings. The van der Waals surface area contributed by atoms with Crippen molar-refractivity contribution in [3.8, 4) is 0 Å². The summed E-state index contributed by atoms with van der Waals surface area (Å²) < 4.78 is -0.182. The number of hydrogen-bond donors (Lipinski definition) is 1. The molecule has 1 heterocycles. The molecule has 3 aromatic carbocycles. The minimum absolute atomic E-state index is 0.0825. The third-order valence-electron chi connectivity index (χ3n) is 5.43. The summed E-state index contributed by atoms with van der Waals surface area (Å²) in [6, 6.07) is 24.4. The third-order valence-corrected chi connectivity index (χ3v) is 6.81. The highest BCUT2D eigenvalue weighted by atomic mass is 127. The number of hydrogen-bond acceptors (Lipinski definition) is 1. The van der Waals surface area contributed by atoms with Crippen LogP contribution in [0.25, 0.3) is 21.8 Å².